The summed E-state index contributed by atoms with van der Waals surface area (Å²) in [4.78, 5) is 16.3. The molecule has 7 nitrogen and oxygen atoms in total. The molecule has 28 heavy (non-hydrogen) atoms. The Morgan fingerprint density at radius 1 is 1.18 bits per heavy atom. The predicted octanol–water partition coefficient (Wildman–Crippen LogP) is 3.18. The van der Waals surface area contributed by atoms with Crippen molar-refractivity contribution in [1.29, 1.82) is 0 Å². The van der Waals surface area contributed by atoms with Crippen molar-refractivity contribution in [2.24, 2.45) is 0 Å². The lowest BCUT2D eigenvalue weighted by molar-refractivity contribution is -0.119. The van der Waals surface area contributed by atoms with Crippen LogP contribution in [0.25, 0.3) is 11.4 Å². The third-order valence-electron chi connectivity index (χ3n) is 3.79. The molecule has 10 heteroatoms. The van der Waals surface area contributed by atoms with Gasteiger partial charge in [-0.1, -0.05) is 16.8 Å². The van der Waals surface area contributed by atoms with Crippen LogP contribution in [0, 0.1) is 5.82 Å². The second-order valence-electron chi connectivity index (χ2n) is 5.97. The zero-order chi connectivity index (χ0) is 20.3. The topological polar surface area (TPSA) is 102 Å². The summed E-state index contributed by atoms with van der Waals surface area (Å²) in [5.41, 5.74) is 0.542. The maximum Gasteiger partial charge on any atom is 0.249 e. The van der Waals surface area contributed by atoms with E-state index in [9.17, 15) is 17.6 Å². The van der Waals surface area contributed by atoms with Crippen molar-refractivity contribution in [1.82, 2.24) is 15.5 Å². The van der Waals surface area contributed by atoms with Gasteiger partial charge in [-0.3, -0.25) is 4.79 Å². The van der Waals surface area contributed by atoms with Gasteiger partial charge in [0.05, 0.1) is 4.90 Å². The Morgan fingerprint density at radius 2 is 1.82 bits per heavy atom. The number of nitrogens with one attached hydrogen (secondary N) is 1. The van der Waals surface area contributed by atoms with Crippen LogP contribution in [-0.4, -0.2) is 30.2 Å². The highest BCUT2D eigenvalue weighted by Gasteiger charge is 2.23. The zero-order valence-electron chi connectivity index (χ0n) is 14.6. The number of carbonyl (C=O) groups excluding carboxylic acids is 1. The van der Waals surface area contributed by atoms with Crippen LogP contribution >= 0.6 is 11.6 Å². The van der Waals surface area contributed by atoms with Crippen molar-refractivity contribution in [3.8, 4) is 11.4 Å². The molecule has 0 aliphatic rings. The van der Waals surface area contributed by atoms with Gasteiger partial charge in [-0.25, -0.2) is 12.8 Å². The van der Waals surface area contributed by atoms with Gasteiger partial charge in [0.2, 0.25) is 17.6 Å². The molecule has 2 aromatic carbocycles. The molecule has 0 saturated carbocycles. The van der Waals surface area contributed by atoms with E-state index in [2.05, 4.69) is 15.5 Å². The van der Waals surface area contributed by atoms with Gasteiger partial charge < -0.3 is 9.84 Å². The van der Waals surface area contributed by atoms with Gasteiger partial charge in [-0.05, 0) is 55.5 Å². The summed E-state index contributed by atoms with van der Waals surface area (Å²) in [6, 6.07) is 10.3. The number of rotatable bonds is 6. The summed E-state index contributed by atoms with van der Waals surface area (Å²) in [5.74, 6) is -1.53. The average molecular weight is 424 g/mol. The first-order chi connectivity index (χ1) is 13.2. The number of hydrogen-bond donors (Lipinski definition) is 1. The molecule has 0 aliphatic heterocycles. The highest BCUT2D eigenvalue weighted by Crippen LogP contribution is 2.19. The van der Waals surface area contributed by atoms with Crippen LogP contribution in [0.4, 0.5) is 4.39 Å². The van der Waals surface area contributed by atoms with Crippen molar-refractivity contribution in [2.45, 2.75) is 17.9 Å². The van der Waals surface area contributed by atoms with E-state index in [4.69, 9.17) is 16.1 Å². The van der Waals surface area contributed by atoms with E-state index in [0.717, 1.165) is 0 Å². The van der Waals surface area contributed by atoms with Gasteiger partial charge in [0, 0.05) is 10.6 Å². The van der Waals surface area contributed by atoms with Crippen LogP contribution < -0.4 is 5.32 Å². The molecule has 0 spiro atoms. The molecule has 1 unspecified atom stereocenters. The van der Waals surface area contributed by atoms with Crippen molar-refractivity contribution in [2.75, 3.05) is 5.75 Å². The second kappa shape index (κ2) is 8.07. The predicted molar refractivity (Wildman–Crippen MR) is 99.8 cm³/mol. The van der Waals surface area contributed by atoms with Gasteiger partial charge in [0.15, 0.2) is 9.84 Å². The van der Waals surface area contributed by atoms with E-state index < -0.39 is 33.4 Å². The molecule has 0 bridgehead atoms. The van der Waals surface area contributed by atoms with Gasteiger partial charge in [-0.15, -0.1) is 0 Å². The normalized spacial score (nSPS) is 12.5. The average Bonchev–Trinajstić information content (AvgIpc) is 3.12. The Morgan fingerprint density at radius 3 is 2.46 bits per heavy atom. The maximum atomic E-state index is 13.0. The van der Waals surface area contributed by atoms with Gasteiger partial charge in [0.1, 0.15) is 17.6 Å². The molecule has 1 N–H and O–H groups in total. The Labute approximate surface area is 165 Å². The van der Waals surface area contributed by atoms with Gasteiger partial charge >= 0.3 is 0 Å². The number of nitrogens with zero attached hydrogens (tertiary/aromatic N) is 2. The molecule has 0 radical (unpaired) electrons. The molecular weight excluding hydrogens is 409 g/mol. The Hall–Kier alpha value is -2.78. The van der Waals surface area contributed by atoms with Crippen molar-refractivity contribution < 1.29 is 22.1 Å². The Kier molecular flexibility index (Phi) is 5.76. The van der Waals surface area contributed by atoms with Crippen molar-refractivity contribution in [3.05, 3.63) is 65.3 Å². The third-order valence-corrected chi connectivity index (χ3v) is 5.67. The van der Waals surface area contributed by atoms with E-state index >= 15 is 0 Å². The summed E-state index contributed by atoms with van der Waals surface area (Å²) in [5, 5.41) is 6.69. The smallest absolute Gasteiger partial charge is 0.249 e. The molecule has 1 atom stereocenters. The standard InChI is InChI=1S/C18H15ClFN3O4S/c1-11(18-22-17(23-27-18)12-2-6-14(20)7-3-12)21-16(24)10-28(25,26)15-8-4-13(19)5-9-15/h2-9,11H,10H2,1H3,(H,21,24). The van der Waals surface area contributed by atoms with Gasteiger partial charge in [0.25, 0.3) is 0 Å². The van der Waals surface area contributed by atoms with E-state index in [1.54, 1.807) is 6.92 Å². The van der Waals surface area contributed by atoms with E-state index in [0.29, 0.717) is 10.6 Å². The SMILES string of the molecule is CC(NC(=O)CS(=O)(=O)c1ccc(Cl)cc1)c1nc(-c2ccc(F)cc2)no1. The minimum absolute atomic E-state index is 0.00362. The summed E-state index contributed by atoms with van der Waals surface area (Å²) in [7, 11) is -3.82. The molecule has 3 aromatic rings. The van der Waals surface area contributed by atoms with E-state index in [-0.39, 0.29) is 16.6 Å². The fourth-order valence-electron chi connectivity index (χ4n) is 2.37. The second-order valence-corrected chi connectivity index (χ2v) is 8.39. The first kappa shape index (κ1) is 20.0. The number of halogens is 2. The van der Waals surface area contributed by atoms with Gasteiger partial charge in [-0.2, -0.15) is 4.98 Å². The number of carbonyl (C=O) groups is 1. The molecule has 1 amide bonds. The highest BCUT2D eigenvalue weighted by atomic mass is 35.5. The molecule has 0 saturated heterocycles. The minimum Gasteiger partial charge on any atom is -0.344 e. The van der Waals surface area contributed by atoms with Crippen molar-refractivity contribution in [3.63, 3.8) is 0 Å². The number of benzene rings is 2. The molecule has 1 aromatic heterocycles. The monoisotopic (exact) mass is 423 g/mol. The van der Waals surface area contributed by atoms with Crippen LogP contribution in [0.15, 0.2) is 57.9 Å². The fraction of sp³-hybridized carbons (Fsp3) is 0.167. The summed E-state index contributed by atoms with van der Waals surface area (Å²) in [6.07, 6.45) is 0. The minimum atomic E-state index is -3.82. The molecule has 0 fully saturated rings. The van der Waals surface area contributed by atoms with E-state index in [1.165, 1.54) is 48.5 Å². The Bertz CT molecular complexity index is 1080. The fourth-order valence-corrected chi connectivity index (χ4v) is 3.64. The van der Waals surface area contributed by atoms with E-state index in [1.807, 2.05) is 0 Å². The lowest BCUT2D eigenvalue weighted by Crippen LogP contribution is -2.32. The van der Waals surface area contributed by atoms with Crippen LogP contribution in [-0.2, 0) is 14.6 Å². The lowest BCUT2D eigenvalue weighted by atomic mass is 10.2. The summed E-state index contributed by atoms with van der Waals surface area (Å²) in [6.45, 7) is 1.58. The first-order valence-corrected chi connectivity index (χ1v) is 10.1. The number of amides is 1. The largest absolute Gasteiger partial charge is 0.344 e. The Balaban J connectivity index is 1.66. The molecule has 146 valence electrons. The van der Waals surface area contributed by atoms with Crippen LogP contribution in [0.3, 0.4) is 0 Å². The summed E-state index contributed by atoms with van der Waals surface area (Å²) < 4.78 is 42.7. The number of hydrogen-bond acceptors (Lipinski definition) is 6. The molecule has 3 rings (SSSR count). The van der Waals surface area contributed by atoms with Crippen LogP contribution in [0.2, 0.25) is 5.02 Å². The maximum absolute atomic E-state index is 13.0. The van der Waals surface area contributed by atoms with Crippen LogP contribution in [0.1, 0.15) is 18.9 Å². The molecule has 0 aliphatic carbocycles. The first-order valence-electron chi connectivity index (χ1n) is 8.12. The number of sulfone groups is 1. The molecular formula is C18H15ClFN3O4S. The molecule has 1 heterocycles. The van der Waals surface area contributed by atoms with Crippen molar-refractivity contribution >= 4 is 27.3 Å². The quantitative estimate of drug-likeness (QED) is 0.653. The zero-order valence-corrected chi connectivity index (χ0v) is 16.2. The lowest BCUT2D eigenvalue weighted by Gasteiger charge is -2.10. The van der Waals surface area contributed by atoms with Crippen LogP contribution in [0.5, 0.6) is 0 Å². The number of aromatic nitrogens is 2. The summed E-state index contributed by atoms with van der Waals surface area (Å²) >= 11 is 5.74. The highest BCUT2D eigenvalue weighted by molar-refractivity contribution is 7.92. The third kappa shape index (κ3) is 4.73.